The van der Waals surface area contributed by atoms with Gasteiger partial charge in [0.05, 0.1) is 0 Å². The standard InChI is InChI=1S/C16H12ClNO/c1-2-11-19-16-6-4-3-5-15(16)18-12-13-7-9-14(17)10-8-13/h1,3-10,12H,11H2. The molecule has 0 N–H and O–H groups in total. The van der Waals surface area contributed by atoms with Crippen molar-refractivity contribution in [3.05, 3.63) is 59.1 Å². The van der Waals surface area contributed by atoms with E-state index in [1.54, 1.807) is 6.21 Å². The molecule has 0 aromatic heterocycles. The van der Waals surface area contributed by atoms with Crippen molar-refractivity contribution in [2.24, 2.45) is 4.99 Å². The third kappa shape index (κ3) is 3.87. The Morgan fingerprint density at radius 1 is 1.16 bits per heavy atom. The molecule has 3 heteroatoms. The fourth-order valence-electron chi connectivity index (χ4n) is 1.50. The summed E-state index contributed by atoms with van der Waals surface area (Å²) in [5, 5.41) is 0.704. The molecule has 0 amide bonds. The van der Waals surface area contributed by atoms with Gasteiger partial charge in [0, 0.05) is 11.2 Å². The van der Waals surface area contributed by atoms with E-state index in [0.29, 0.717) is 10.8 Å². The van der Waals surface area contributed by atoms with Gasteiger partial charge in [0.1, 0.15) is 18.0 Å². The third-order valence-electron chi connectivity index (χ3n) is 2.40. The lowest BCUT2D eigenvalue weighted by atomic mass is 10.2. The molecule has 0 atom stereocenters. The fraction of sp³-hybridized carbons (Fsp3) is 0.0625. The first-order chi connectivity index (χ1) is 9.29. The first-order valence-corrected chi connectivity index (χ1v) is 6.12. The van der Waals surface area contributed by atoms with Gasteiger partial charge in [-0.05, 0) is 29.8 Å². The van der Waals surface area contributed by atoms with Gasteiger partial charge in [0.2, 0.25) is 0 Å². The maximum Gasteiger partial charge on any atom is 0.148 e. The van der Waals surface area contributed by atoms with Crippen molar-refractivity contribution in [3.63, 3.8) is 0 Å². The molecule has 0 aliphatic rings. The van der Waals surface area contributed by atoms with E-state index in [0.717, 1.165) is 11.3 Å². The van der Waals surface area contributed by atoms with Gasteiger partial charge in [-0.3, -0.25) is 4.99 Å². The van der Waals surface area contributed by atoms with Crippen LogP contribution in [0.25, 0.3) is 0 Å². The van der Waals surface area contributed by atoms with Gasteiger partial charge < -0.3 is 4.74 Å². The smallest absolute Gasteiger partial charge is 0.148 e. The second-order valence-electron chi connectivity index (χ2n) is 3.77. The number of ether oxygens (including phenoxy) is 1. The minimum atomic E-state index is 0.230. The lowest BCUT2D eigenvalue weighted by Crippen LogP contribution is -1.93. The molecule has 0 saturated carbocycles. The van der Waals surface area contributed by atoms with Gasteiger partial charge in [-0.2, -0.15) is 0 Å². The number of benzene rings is 2. The number of hydrogen-bond acceptors (Lipinski definition) is 2. The summed E-state index contributed by atoms with van der Waals surface area (Å²) in [4.78, 5) is 4.40. The highest BCUT2D eigenvalue weighted by Crippen LogP contribution is 2.26. The number of terminal acetylenes is 1. The van der Waals surface area contributed by atoms with Crippen LogP contribution in [-0.2, 0) is 0 Å². The van der Waals surface area contributed by atoms with Crippen LogP contribution in [-0.4, -0.2) is 12.8 Å². The zero-order valence-electron chi connectivity index (χ0n) is 10.2. The molecule has 2 rings (SSSR count). The minimum absolute atomic E-state index is 0.230. The maximum atomic E-state index is 5.83. The van der Waals surface area contributed by atoms with E-state index in [4.69, 9.17) is 22.8 Å². The molecular formula is C16H12ClNO. The Balaban J connectivity index is 2.18. The Bertz CT molecular complexity index is 611. The van der Waals surface area contributed by atoms with Gasteiger partial charge in [-0.1, -0.05) is 41.8 Å². The Morgan fingerprint density at radius 3 is 2.63 bits per heavy atom. The number of halogens is 1. The van der Waals surface area contributed by atoms with E-state index in [2.05, 4.69) is 10.9 Å². The summed E-state index contributed by atoms with van der Waals surface area (Å²) >= 11 is 5.83. The summed E-state index contributed by atoms with van der Waals surface area (Å²) in [6, 6.07) is 14.9. The van der Waals surface area contributed by atoms with Crippen LogP contribution < -0.4 is 4.74 Å². The predicted molar refractivity (Wildman–Crippen MR) is 79.5 cm³/mol. The number of rotatable bonds is 4. The monoisotopic (exact) mass is 269 g/mol. The molecule has 94 valence electrons. The Kier molecular flexibility index (Phi) is 4.60. The molecule has 2 nitrogen and oxygen atoms in total. The zero-order valence-corrected chi connectivity index (χ0v) is 11.0. The SMILES string of the molecule is C#CCOc1ccccc1N=Cc1ccc(Cl)cc1. The summed E-state index contributed by atoms with van der Waals surface area (Å²) in [5.41, 5.74) is 1.71. The van der Waals surface area contributed by atoms with E-state index in [-0.39, 0.29) is 6.61 Å². The molecule has 0 bridgehead atoms. The topological polar surface area (TPSA) is 21.6 Å². The summed E-state index contributed by atoms with van der Waals surface area (Å²) in [6.07, 6.45) is 6.94. The van der Waals surface area contributed by atoms with Crippen molar-refractivity contribution in [2.75, 3.05) is 6.61 Å². The average molecular weight is 270 g/mol. The number of aliphatic imine (C=N–C) groups is 1. The lowest BCUT2D eigenvalue weighted by molar-refractivity contribution is 0.372. The number of nitrogens with zero attached hydrogens (tertiary/aromatic N) is 1. The van der Waals surface area contributed by atoms with Crippen molar-refractivity contribution in [1.82, 2.24) is 0 Å². The summed E-state index contributed by atoms with van der Waals surface area (Å²) in [7, 11) is 0. The molecule has 0 aliphatic carbocycles. The highest BCUT2D eigenvalue weighted by atomic mass is 35.5. The molecule has 0 radical (unpaired) electrons. The van der Waals surface area contributed by atoms with Gasteiger partial charge in [0.15, 0.2) is 0 Å². The van der Waals surface area contributed by atoms with E-state index in [9.17, 15) is 0 Å². The number of para-hydroxylation sites is 2. The van der Waals surface area contributed by atoms with E-state index < -0.39 is 0 Å². The van der Waals surface area contributed by atoms with Crippen molar-refractivity contribution < 1.29 is 4.74 Å². The Morgan fingerprint density at radius 2 is 1.89 bits per heavy atom. The van der Waals surface area contributed by atoms with E-state index in [1.165, 1.54) is 0 Å². The molecule has 2 aromatic rings. The molecular weight excluding hydrogens is 258 g/mol. The van der Waals surface area contributed by atoms with Crippen molar-refractivity contribution in [2.45, 2.75) is 0 Å². The van der Waals surface area contributed by atoms with Crippen LogP contribution in [0.1, 0.15) is 5.56 Å². The van der Waals surface area contributed by atoms with Gasteiger partial charge >= 0.3 is 0 Å². The molecule has 0 spiro atoms. The van der Waals surface area contributed by atoms with Gasteiger partial charge in [0.25, 0.3) is 0 Å². The van der Waals surface area contributed by atoms with Crippen LogP contribution in [0.15, 0.2) is 53.5 Å². The highest BCUT2D eigenvalue weighted by Gasteiger charge is 1.99. The van der Waals surface area contributed by atoms with Crippen LogP contribution in [0.5, 0.6) is 5.75 Å². The number of hydrogen-bond donors (Lipinski definition) is 0. The van der Waals surface area contributed by atoms with Gasteiger partial charge in [-0.15, -0.1) is 6.42 Å². The summed E-state index contributed by atoms with van der Waals surface area (Å²) in [6.45, 7) is 0.230. The lowest BCUT2D eigenvalue weighted by Gasteiger charge is -2.05. The Hall–Kier alpha value is -2.24. The minimum Gasteiger partial charge on any atom is -0.479 e. The van der Waals surface area contributed by atoms with E-state index in [1.807, 2.05) is 48.5 Å². The molecule has 0 heterocycles. The van der Waals surface area contributed by atoms with Crippen LogP contribution in [0.3, 0.4) is 0 Å². The zero-order chi connectivity index (χ0) is 13.5. The fourth-order valence-corrected chi connectivity index (χ4v) is 1.62. The van der Waals surface area contributed by atoms with Crippen LogP contribution in [0.4, 0.5) is 5.69 Å². The van der Waals surface area contributed by atoms with E-state index >= 15 is 0 Å². The van der Waals surface area contributed by atoms with Crippen molar-refractivity contribution >= 4 is 23.5 Å². The van der Waals surface area contributed by atoms with Crippen molar-refractivity contribution in [1.29, 1.82) is 0 Å². The molecule has 0 saturated heterocycles. The normalized spacial score (nSPS) is 10.3. The Labute approximate surface area is 117 Å². The van der Waals surface area contributed by atoms with Crippen LogP contribution >= 0.6 is 11.6 Å². The third-order valence-corrected chi connectivity index (χ3v) is 2.65. The van der Waals surface area contributed by atoms with Crippen LogP contribution in [0.2, 0.25) is 5.02 Å². The van der Waals surface area contributed by atoms with Crippen LogP contribution in [0, 0.1) is 12.3 Å². The van der Waals surface area contributed by atoms with Gasteiger partial charge in [-0.25, -0.2) is 0 Å². The maximum absolute atomic E-state index is 5.83. The van der Waals surface area contributed by atoms with Crippen molar-refractivity contribution in [3.8, 4) is 18.1 Å². The average Bonchev–Trinajstić information content (AvgIpc) is 2.45. The quantitative estimate of drug-likeness (QED) is 0.605. The second-order valence-corrected chi connectivity index (χ2v) is 4.21. The first-order valence-electron chi connectivity index (χ1n) is 5.74. The summed E-state index contributed by atoms with van der Waals surface area (Å²) in [5.74, 6) is 3.11. The highest BCUT2D eigenvalue weighted by molar-refractivity contribution is 6.30. The second kappa shape index (κ2) is 6.63. The molecule has 0 aliphatic heterocycles. The molecule has 0 unspecified atom stereocenters. The predicted octanol–water partition coefficient (Wildman–Crippen LogP) is 4.10. The largest absolute Gasteiger partial charge is 0.479 e. The molecule has 19 heavy (non-hydrogen) atoms. The molecule has 0 fully saturated rings. The molecule has 2 aromatic carbocycles. The first kappa shape index (κ1) is 13.2. The summed E-state index contributed by atoms with van der Waals surface area (Å²) < 4.78 is 5.42.